The molecule has 5 nitrogen and oxygen atoms in total. The van der Waals surface area contributed by atoms with Gasteiger partial charge in [-0.1, -0.05) is 0 Å². The summed E-state index contributed by atoms with van der Waals surface area (Å²) in [5, 5.41) is 6.12. The van der Waals surface area contributed by atoms with Crippen molar-refractivity contribution in [1.82, 2.24) is 10.3 Å². The number of carbonyl (C=O) groups is 1. The minimum atomic E-state index is -0.142. The number of nitrogens with zero attached hydrogens (tertiary/aromatic N) is 1. The van der Waals surface area contributed by atoms with E-state index in [-0.39, 0.29) is 11.9 Å². The summed E-state index contributed by atoms with van der Waals surface area (Å²) in [7, 11) is 0. The first-order chi connectivity index (χ1) is 8.70. The SMILES string of the molecule is CCNC(=O)c1cc(NC2CCCC2N)ccn1. The largest absolute Gasteiger partial charge is 0.381 e. The lowest BCUT2D eigenvalue weighted by Crippen LogP contribution is -2.35. The third-order valence-corrected chi connectivity index (χ3v) is 3.25. The van der Waals surface area contributed by atoms with Crippen molar-refractivity contribution in [1.29, 1.82) is 0 Å². The lowest BCUT2D eigenvalue weighted by molar-refractivity contribution is 0.0951. The Labute approximate surface area is 107 Å². The number of hydrogen-bond acceptors (Lipinski definition) is 4. The molecular weight excluding hydrogens is 228 g/mol. The minimum absolute atomic E-state index is 0.142. The second-order valence-electron chi connectivity index (χ2n) is 4.63. The van der Waals surface area contributed by atoms with Crippen LogP contribution in [0.1, 0.15) is 36.7 Å². The molecule has 98 valence electrons. The maximum Gasteiger partial charge on any atom is 0.269 e. The summed E-state index contributed by atoms with van der Waals surface area (Å²) in [6.07, 6.45) is 4.95. The number of pyridine rings is 1. The molecule has 0 aliphatic heterocycles. The third-order valence-electron chi connectivity index (χ3n) is 3.25. The van der Waals surface area contributed by atoms with Gasteiger partial charge in [-0.3, -0.25) is 9.78 Å². The van der Waals surface area contributed by atoms with Crippen LogP contribution in [-0.2, 0) is 0 Å². The van der Waals surface area contributed by atoms with E-state index in [1.165, 1.54) is 0 Å². The van der Waals surface area contributed by atoms with Gasteiger partial charge in [-0.15, -0.1) is 0 Å². The molecule has 18 heavy (non-hydrogen) atoms. The molecule has 0 spiro atoms. The predicted octanol–water partition coefficient (Wildman–Crippen LogP) is 1.12. The Kier molecular flexibility index (Phi) is 4.15. The predicted molar refractivity (Wildman–Crippen MR) is 71.5 cm³/mol. The summed E-state index contributed by atoms with van der Waals surface area (Å²) in [5.41, 5.74) is 7.36. The van der Waals surface area contributed by atoms with Crippen molar-refractivity contribution in [2.75, 3.05) is 11.9 Å². The van der Waals surface area contributed by atoms with E-state index in [0.717, 1.165) is 24.9 Å². The molecule has 0 radical (unpaired) electrons. The van der Waals surface area contributed by atoms with Crippen LogP contribution < -0.4 is 16.4 Å². The Hall–Kier alpha value is -1.62. The molecule has 1 aromatic heterocycles. The van der Waals surface area contributed by atoms with Gasteiger partial charge in [-0.25, -0.2) is 0 Å². The van der Waals surface area contributed by atoms with Crippen LogP contribution in [0.4, 0.5) is 5.69 Å². The number of anilines is 1. The van der Waals surface area contributed by atoms with Gasteiger partial charge in [-0.05, 0) is 38.3 Å². The van der Waals surface area contributed by atoms with E-state index in [1.54, 1.807) is 12.3 Å². The number of nitrogens with one attached hydrogen (secondary N) is 2. The Morgan fingerprint density at radius 3 is 3.06 bits per heavy atom. The van der Waals surface area contributed by atoms with Gasteiger partial charge in [0.25, 0.3) is 5.91 Å². The molecule has 1 aliphatic rings. The van der Waals surface area contributed by atoms with Gasteiger partial charge in [0.15, 0.2) is 0 Å². The van der Waals surface area contributed by atoms with Crippen LogP contribution in [0.25, 0.3) is 0 Å². The number of aromatic nitrogens is 1. The smallest absolute Gasteiger partial charge is 0.269 e. The Morgan fingerprint density at radius 2 is 2.39 bits per heavy atom. The van der Waals surface area contributed by atoms with Gasteiger partial charge in [0, 0.05) is 30.5 Å². The van der Waals surface area contributed by atoms with E-state index >= 15 is 0 Å². The Balaban J connectivity index is 2.05. The van der Waals surface area contributed by atoms with Crippen LogP contribution >= 0.6 is 0 Å². The molecule has 5 heteroatoms. The van der Waals surface area contributed by atoms with E-state index in [2.05, 4.69) is 15.6 Å². The number of carbonyl (C=O) groups excluding carboxylic acids is 1. The molecular formula is C13H20N4O. The topological polar surface area (TPSA) is 80.0 Å². The van der Waals surface area contributed by atoms with Crippen LogP contribution in [-0.4, -0.2) is 29.5 Å². The normalized spacial score (nSPS) is 22.8. The summed E-state index contributed by atoms with van der Waals surface area (Å²) >= 11 is 0. The van der Waals surface area contributed by atoms with E-state index in [4.69, 9.17) is 5.73 Å². The summed E-state index contributed by atoms with van der Waals surface area (Å²) < 4.78 is 0. The summed E-state index contributed by atoms with van der Waals surface area (Å²) in [5.74, 6) is -0.142. The first kappa shape index (κ1) is 12.8. The number of rotatable bonds is 4. The zero-order valence-electron chi connectivity index (χ0n) is 10.6. The van der Waals surface area contributed by atoms with Crippen LogP contribution in [0.15, 0.2) is 18.3 Å². The molecule has 0 saturated heterocycles. The number of hydrogen-bond donors (Lipinski definition) is 3. The fraction of sp³-hybridized carbons (Fsp3) is 0.538. The monoisotopic (exact) mass is 248 g/mol. The fourth-order valence-corrected chi connectivity index (χ4v) is 2.28. The quantitative estimate of drug-likeness (QED) is 0.746. The van der Waals surface area contributed by atoms with Crippen LogP contribution in [0.2, 0.25) is 0 Å². The second kappa shape index (κ2) is 5.82. The lowest BCUT2D eigenvalue weighted by atomic mass is 10.1. The molecule has 1 heterocycles. The molecule has 2 unspecified atom stereocenters. The molecule has 2 rings (SSSR count). The van der Waals surface area contributed by atoms with Crippen molar-refractivity contribution in [3.63, 3.8) is 0 Å². The molecule has 1 fully saturated rings. The average molecular weight is 248 g/mol. The van der Waals surface area contributed by atoms with Crippen LogP contribution in [0, 0.1) is 0 Å². The maximum absolute atomic E-state index is 11.7. The summed E-state index contributed by atoms with van der Waals surface area (Å²) in [4.78, 5) is 15.7. The highest BCUT2D eigenvalue weighted by atomic mass is 16.1. The van der Waals surface area contributed by atoms with Crippen LogP contribution in [0.5, 0.6) is 0 Å². The van der Waals surface area contributed by atoms with Crippen molar-refractivity contribution in [3.05, 3.63) is 24.0 Å². The molecule has 1 amide bonds. The minimum Gasteiger partial charge on any atom is -0.381 e. The van der Waals surface area contributed by atoms with Crippen molar-refractivity contribution in [3.8, 4) is 0 Å². The average Bonchev–Trinajstić information content (AvgIpc) is 2.76. The first-order valence-corrected chi connectivity index (χ1v) is 6.47. The third kappa shape index (κ3) is 2.98. The van der Waals surface area contributed by atoms with Gasteiger partial charge < -0.3 is 16.4 Å². The number of amides is 1. The van der Waals surface area contributed by atoms with Crippen molar-refractivity contribution in [2.45, 2.75) is 38.3 Å². The highest BCUT2D eigenvalue weighted by Gasteiger charge is 2.23. The van der Waals surface area contributed by atoms with Crippen molar-refractivity contribution >= 4 is 11.6 Å². The Bertz CT molecular complexity index is 421. The first-order valence-electron chi connectivity index (χ1n) is 6.47. The fourth-order valence-electron chi connectivity index (χ4n) is 2.28. The lowest BCUT2D eigenvalue weighted by Gasteiger charge is -2.18. The van der Waals surface area contributed by atoms with Gasteiger partial charge >= 0.3 is 0 Å². The van der Waals surface area contributed by atoms with E-state index in [0.29, 0.717) is 18.3 Å². The Morgan fingerprint density at radius 1 is 1.56 bits per heavy atom. The van der Waals surface area contributed by atoms with E-state index in [9.17, 15) is 4.79 Å². The van der Waals surface area contributed by atoms with Gasteiger partial charge in [-0.2, -0.15) is 0 Å². The van der Waals surface area contributed by atoms with Crippen molar-refractivity contribution in [2.24, 2.45) is 5.73 Å². The molecule has 0 bridgehead atoms. The molecule has 0 aromatic carbocycles. The van der Waals surface area contributed by atoms with Crippen LogP contribution in [0.3, 0.4) is 0 Å². The van der Waals surface area contributed by atoms with E-state index in [1.807, 2.05) is 13.0 Å². The summed E-state index contributed by atoms with van der Waals surface area (Å²) in [6.45, 7) is 2.49. The zero-order chi connectivity index (χ0) is 13.0. The highest BCUT2D eigenvalue weighted by molar-refractivity contribution is 5.93. The number of nitrogens with two attached hydrogens (primary N) is 1. The summed E-state index contributed by atoms with van der Waals surface area (Å²) in [6, 6.07) is 4.14. The highest BCUT2D eigenvalue weighted by Crippen LogP contribution is 2.21. The second-order valence-corrected chi connectivity index (χ2v) is 4.63. The molecule has 1 aromatic rings. The maximum atomic E-state index is 11.7. The van der Waals surface area contributed by atoms with Gasteiger partial charge in [0.05, 0.1) is 0 Å². The van der Waals surface area contributed by atoms with Crippen molar-refractivity contribution < 1.29 is 4.79 Å². The molecule has 2 atom stereocenters. The molecule has 4 N–H and O–H groups in total. The van der Waals surface area contributed by atoms with E-state index < -0.39 is 0 Å². The zero-order valence-corrected chi connectivity index (χ0v) is 10.6. The van der Waals surface area contributed by atoms with Gasteiger partial charge in [0.1, 0.15) is 5.69 Å². The molecule has 1 aliphatic carbocycles. The van der Waals surface area contributed by atoms with Gasteiger partial charge in [0.2, 0.25) is 0 Å². The molecule has 1 saturated carbocycles. The standard InChI is InChI=1S/C13H20N4O/c1-2-15-13(18)12-8-9(6-7-16-12)17-11-5-3-4-10(11)14/h6-8,10-11H,2-5,14H2,1H3,(H,15,18)(H,16,17).